The van der Waals surface area contributed by atoms with Crippen LogP contribution in [0.5, 0.6) is 0 Å². The van der Waals surface area contributed by atoms with Gasteiger partial charge in [-0.05, 0) is 53.6 Å². The van der Waals surface area contributed by atoms with Crippen molar-refractivity contribution in [1.82, 2.24) is 19.5 Å². The Bertz CT molecular complexity index is 3370. The van der Waals surface area contributed by atoms with E-state index in [1.54, 1.807) is 34.9 Å². The second-order valence-electron chi connectivity index (χ2n) is 11.8. The average molecular weight is 650 g/mol. The Morgan fingerprint density at radius 2 is 1.12 bits per heavy atom. The Hall–Kier alpha value is -6.85. The summed E-state index contributed by atoms with van der Waals surface area (Å²) in [5.41, 5.74) is 4.73. The lowest BCUT2D eigenvalue weighted by Crippen LogP contribution is -2.03. The molecule has 10 aromatic rings. The van der Waals surface area contributed by atoms with E-state index < -0.39 is 30.2 Å². The highest BCUT2D eigenvalue weighted by Crippen LogP contribution is 2.38. The van der Waals surface area contributed by atoms with E-state index in [1.165, 1.54) is 0 Å². The molecule has 5 heteroatoms. The molecule has 0 N–H and O–H groups in total. The highest BCUT2D eigenvalue weighted by atomic mass is 16.3. The largest absolute Gasteiger partial charge is 0.456 e. The maximum absolute atomic E-state index is 9.20. The molecule has 3 heterocycles. The van der Waals surface area contributed by atoms with Gasteiger partial charge in [-0.2, -0.15) is 0 Å². The predicted molar refractivity (Wildman–Crippen MR) is 203 cm³/mol. The quantitative estimate of drug-likeness (QED) is 0.186. The van der Waals surface area contributed by atoms with Crippen molar-refractivity contribution in [2.45, 2.75) is 0 Å². The van der Waals surface area contributed by atoms with Gasteiger partial charge < -0.3 is 8.98 Å². The summed E-state index contributed by atoms with van der Waals surface area (Å²) in [5.74, 6) is 1.06. The highest BCUT2D eigenvalue weighted by molar-refractivity contribution is 6.11. The van der Waals surface area contributed by atoms with E-state index in [0.29, 0.717) is 50.5 Å². The molecule has 234 valence electrons. The third-order valence-corrected chi connectivity index (χ3v) is 8.88. The van der Waals surface area contributed by atoms with Gasteiger partial charge in [-0.25, -0.2) is 15.0 Å². The second-order valence-corrected chi connectivity index (χ2v) is 11.8. The maximum Gasteiger partial charge on any atom is 0.166 e. The SMILES string of the molecule is [2H]c1c([2H])c([2H])c(-c2ccc3c4c([2H])c([2H])c([2H])c([2H])c4n(-c4ccccc4-c4nc(-c5ccccc5)nc(-c5ccc6c(c5)oc5ccccc56)n4)c3c2)c([2H])c1[2H]. The van der Waals surface area contributed by atoms with Gasteiger partial charge in [0.15, 0.2) is 17.5 Å². The van der Waals surface area contributed by atoms with Crippen LogP contribution in [0.2, 0.25) is 0 Å². The summed E-state index contributed by atoms with van der Waals surface area (Å²) in [7, 11) is 0. The first kappa shape index (κ1) is 20.5. The molecular formula is C45H28N4O. The van der Waals surface area contributed by atoms with Crippen molar-refractivity contribution in [3.63, 3.8) is 0 Å². The minimum atomic E-state index is -0.513. The van der Waals surface area contributed by atoms with Gasteiger partial charge in [-0.15, -0.1) is 0 Å². The number of fused-ring (bicyclic) bond motifs is 6. The van der Waals surface area contributed by atoms with Crippen LogP contribution in [0.15, 0.2) is 174 Å². The van der Waals surface area contributed by atoms with Gasteiger partial charge in [-0.3, -0.25) is 0 Å². The van der Waals surface area contributed by atoms with Crippen LogP contribution in [0.3, 0.4) is 0 Å². The van der Waals surface area contributed by atoms with Crippen molar-refractivity contribution in [2.24, 2.45) is 0 Å². The summed E-state index contributed by atoms with van der Waals surface area (Å²) < 4.78 is 85.7. The Labute approximate surface area is 300 Å². The molecule has 7 aromatic carbocycles. The minimum absolute atomic E-state index is 0.0152. The fourth-order valence-corrected chi connectivity index (χ4v) is 6.58. The molecule has 0 aliphatic carbocycles. The molecule has 0 aliphatic heterocycles. The zero-order valence-corrected chi connectivity index (χ0v) is 26.2. The van der Waals surface area contributed by atoms with Gasteiger partial charge >= 0.3 is 0 Å². The molecule has 0 radical (unpaired) electrons. The van der Waals surface area contributed by atoms with E-state index in [-0.39, 0.29) is 46.5 Å². The first-order chi connectivity index (χ1) is 28.5. The third-order valence-electron chi connectivity index (χ3n) is 8.88. The van der Waals surface area contributed by atoms with Crippen LogP contribution in [0.25, 0.3) is 94.7 Å². The predicted octanol–water partition coefficient (Wildman–Crippen LogP) is 11.5. The molecule has 3 aromatic heterocycles. The molecule has 0 saturated carbocycles. The molecule has 50 heavy (non-hydrogen) atoms. The second kappa shape index (κ2) is 11.4. The van der Waals surface area contributed by atoms with Crippen LogP contribution in [0.1, 0.15) is 12.3 Å². The monoisotopic (exact) mass is 649 g/mol. The van der Waals surface area contributed by atoms with Gasteiger partial charge in [0.1, 0.15) is 11.2 Å². The topological polar surface area (TPSA) is 56.7 Å². The van der Waals surface area contributed by atoms with Gasteiger partial charge in [0.05, 0.1) is 29.1 Å². The lowest BCUT2D eigenvalue weighted by Gasteiger charge is -2.15. The van der Waals surface area contributed by atoms with Crippen molar-refractivity contribution in [3.05, 3.63) is 170 Å². The van der Waals surface area contributed by atoms with E-state index in [0.717, 1.165) is 21.9 Å². The summed E-state index contributed by atoms with van der Waals surface area (Å²) >= 11 is 0. The highest BCUT2D eigenvalue weighted by Gasteiger charge is 2.20. The number of furan rings is 1. The molecule has 0 bridgehead atoms. The van der Waals surface area contributed by atoms with E-state index in [2.05, 4.69) is 0 Å². The zero-order valence-electron chi connectivity index (χ0n) is 35.2. The Kier molecular flexibility index (Phi) is 4.67. The summed E-state index contributed by atoms with van der Waals surface area (Å²) in [4.78, 5) is 15.0. The standard InChI is InChI=1S/C45H28N4O/c1-3-13-29(14-4-1)31-23-25-34-33-17-7-10-20-38(33)49(40(34)27-31)39-21-11-8-19-37(39)45-47-43(30-15-5-2-6-16-30)46-44(48-45)32-24-26-36-35-18-9-12-22-41(35)50-42(36)28-32/h1-28H/i1D,3D,4D,7D,10D,13D,14D,17D,20D. The molecule has 0 atom stereocenters. The zero-order chi connectivity index (χ0) is 40.9. The van der Waals surface area contributed by atoms with E-state index in [9.17, 15) is 1.37 Å². The summed E-state index contributed by atoms with van der Waals surface area (Å²) in [6.45, 7) is 0. The van der Waals surface area contributed by atoms with Crippen molar-refractivity contribution in [1.29, 1.82) is 0 Å². The first-order valence-corrected chi connectivity index (χ1v) is 16.0. The molecule has 0 unspecified atom stereocenters. The van der Waals surface area contributed by atoms with E-state index in [4.69, 9.17) is 30.3 Å². The number of rotatable bonds is 5. The number of aromatic nitrogens is 4. The van der Waals surface area contributed by atoms with Crippen LogP contribution in [0.4, 0.5) is 0 Å². The van der Waals surface area contributed by atoms with Crippen LogP contribution in [-0.4, -0.2) is 19.5 Å². The summed E-state index contributed by atoms with van der Waals surface area (Å²) in [6.07, 6.45) is 0. The minimum Gasteiger partial charge on any atom is -0.456 e. The molecule has 10 rings (SSSR count). The van der Waals surface area contributed by atoms with Gasteiger partial charge in [0.25, 0.3) is 0 Å². The molecular weight excluding hydrogens is 613 g/mol. The van der Waals surface area contributed by atoms with Crippen LogP contribution < -0.4 is 0 Å². The summed E-state index contributed by atoms with van der Waals surface area (Å²) in [5, 5.41) is 2.67. The van der Waals surface area contributed by atoms with Crippen molar-refractivity contribution >= 4 is 43.7 Å². The smallest absolute Gasteiger partial charge is 0.166 e. The average Bonchev–Trinajstić information content (AvgIpc) is 3.82. The molecule has 0 saturated heterocycles. The maximum atomic E-state index is 9.20. The van der Waals surface area contributed by atoms with Crippen molar-refractivity contribution in [3.8, 4) is 51.0 Å². The fourth-order valence-electron chi connectivity index (χ4n) is 6.58. The number of benzene rings is 7. The third kappa shape index (κ3) is 4.60. The van der Waals surface area contributed by atoms with Gasteiger partial charge in [0, 0.05) is 38.2 Å². The number of hydrogen-bond acceptors (Lipinski definition) is 4. The molecule has 0 spiro atoms. The molecule has 5 nitrogen and oxygen atoms in total. The Morgan fingerprint density at radius 3 is 2.02 bits per heavy atom. The molecule has 0 amide bonds. The van der Waals surface area contributed by atoms with E-state index in [1.807, 2.05) is 84.9 Å². The van der Waals surface area contributed by atoms with Crippen LogP contribution >= 0.6 is 0 Å². The van der Waals surface area contributed by atoms with Gasteiger partial charge in [-0.1, -0.05) is 127 Å². The number of para-hydroxylation sites is 3. The van der Waals surface area contributed by atoms with Crippen molar-refractivity contribution in [2.75, 3.05) is 0 Å². The van der Waals surface area contributed by atoms with Crippen molar-refractivity contribution < 1.29 is 16.8 Å². The fraction of sp³-hybridized carbons (Fsp3) is 0. The molecule has 0 aliphatic rings. The number of nitrogens with zero attached hydrogens (tertiary/aromatic N) is 4. The lowest BCUT2D eigenvalue weighted by molar-refractivity contribution is 0.669. The van der Waals surface area contributed by atoms with Gasteiger partial charge in [0.2, 0.25) is 0 Å². The Morgan fingerprint density at radius 1 is 0.440 bits per heavy atom. The molecule has 0 fully saturated rings. The Balaban J connectivity index is 1.26. The normalized spacial score (nSPS) is 14.1. The van der Waals surface area contributed by atoms with E-state index >= 15 is 0 Å². The van der Waals surface area contributed by atoms with Crippen LogP contribution in [0, 0.1) is 0 Å². The lowest BCUT2D eigenvalue weighted by atomic mass is 10.0. The summed E-state index contributed by atoms with van der Waals surface area (Å²) in [6, 6.07) is 31.7. The number of hydrogen-bond donors (Lipinski definition) is 0. The van der Waals surface area contributed by atoms with Crippen LogP contribution in [-0.2, 0) is 0 Å². The first-order valence-electron chi connectivity index (χ1n) is 20.5.